The Bertz CT molecular complexity index is 1120. The van der Waals surface area contributed by atoms with Gasteiger partial charge in [-0.15, -0.1) is 0 Å². The third kappa shape index (κ3) is 8.53. The number of hydrogen-bond donors (Lipinski definition) is 1. The summed E-state index contributed by atoms with van der Waals surface area (Å²) in [7, 11) is -3.50. The van der Waals surface area contributed by atoms with E-state index in [9.17, 15) is 13.2 Å². The van der Waals surface area contributed by atoms with Crippen LogP contribution < -0.4 is 14.4 Å². The largest absolute Gasteiger partial charge is 0.457 e. The number of carbonyl (C=O) groups excluding carboxylic acids is 1. The molecule has 1 amide bonds. The van der Waals surface area contributed by atoms with Crippen LogP contribution in [0.3, 0.4) is 0 Å². The van der Waals surface area contributed by atoms with Gasteiger partial charge in [0.05, 0.1) is 25.2 Å². The quantitative estimate of drug-likeness (QED) is 0.366. The van der Waals surface area contributed by atoms with Gasteiger partial charge < -0.3 is 14.8 Å². The van der Waals surface area contributed by atoms with Gasteiger partial charge in [0.2, 0.25) is 15.9 Å². The van der Waals surface area contributed by atoms with Crippen molar-refractivity contribution in [3.8, 4) is 11.5 Å². The Morgan fingerprint density at radius 2 is 1.50 bits per heavy atom. The highest BCUT2D eigenvalue weighted by molar-refractivity contribution is 7.92. The fourth-order valence-corrected chi connectivity index (χ4v) is 4.26. The van der Waals surface area contributed by atoms with E-state index in [-0.39, 0.29) is 18.9 Å². The lowest BCUT2D eigenvalue weighted by Gasteiger charge is -2.22. The maximum Gasteiger partial charge on any atom is 0.232 e. The van der Waals surface area contributed by atoms with E-state index in [1.165, 1.54) is 4.31 Å². The summed E-state index contributed by atoms with van der Waals surface area (Å²) in [6.07, 6.45) is 1.78. The van der Waals surface area contributed by atoms with Crippen molar-refractivity contribution in [3.63, 3.8) is 0 Å². The number of anilines is 1. The Morgan fingerprint density at radius 1 is 0.882 bits per heavy atom. The first-order chi connectivity index (χ1) is 16.4. The molecular weight excluding hydrogens is 452 g/mol. The molecule has 34 heavy (non-hydrogen) atoms. The summed E-state index contributed by atoms with van der Waals surface area (Å²) in [5.41, 5.74) is 1.60. The van der Waals surface area contributed by atoms with Crippen molar-refractivity contribution in [1.82, 2.24) is 5.32 Å². The summed E-state index contributed by atoms with van der Waals surface area (Å²) in [6, 6.07) is 26.0. The van der Waals surface area contributed by atoms with Crippen molar-refractivity contribution < 1.29 is 22.7 Å². The van der Waals surface area contributed by atoms with Crippen LogP contribution in [0.25, 0.3) is 0 Å². The van der Waals surface area contributed by atoms with Gasteiger partial charge in [-0.1, -0.05) is 48.5 Å². The van der Waals surface area contributed by atoms with Gasteiger partial charge in [0, 0.05) is 19.5 Å². The second-order valence-electron chi connectivity index (χ2n) is 7.74. The van der Waals surface area contributed by atoms with Crippen molar-refractivity contribution in [1.29, 1.82) is 0 Å². The molecule has 180 valence electrons. The summed E-state index contributed by atoms with van der Waals surface area (Å²) < 4.78 is 37.3. The lowest BCUT2D eigenvalue weighted by molar-refractivity contribution is -0.121. The molecular formula is C26H30N2O5S. The fraction of sp³-hybridized carbons (Fsp3) is 0.269. The number of benzene rings is 3. The van der Waals surface area contributed by atoms with Crippen LogP contribution in [0.15, 0.2) is 84.9 Å². The second kappa shape index (κ2) is 12.8. The van der Waals surface area contributed by atoms with E-state index >= 15 is 0 Å². The summed E-state index contributed by atoms with van der Waals surface area (Å²) in [4.78, 5) is 12.1. The maximum atomic E-state index is 12.3. The fourth-order valence-electron chi connectivity index (χ4n) is 3.29. The maximum absolute atomic E-state index is 12.3. The topological polar surface area (TPSA) is 84.9 Å². The van der Waals surface area contributed by atoms with Gasteiger partial charge in [0.25, 0.3) is 0 Å². The van der Waals surface area contributed by atoms with E-state index in [1.54, 1.807) is 24.3 Å². The molecule has 0 radical (unpaired) electrons. The molecule has 0 aliphatic heterocycles. The Hall–Kier alpha value is -3.36. The lowest BCUT2D eigenvalue weighted by atomic mass is 10.2. The first-order valence-corrected chi connectivity index (χ1v) is 13.0. The highest BCUT2D eigenvalue weighted by Crippen LogP contribution is 2.25. The Morgan fingerprint density at radius 3 is 2.15 bits per heavy atom. The molecule has 0 atom stereocenters. The number of nitrogens with zero attached hydrogens (tertiary/aromatic N) is 1. The third-order valence-electron chi connectivity index (χ3n) is 4.95. The predicted molar refractivity (Wildman–Crippen MR) is 133 cm³/mol. The van der Waals surface area contributed by atoms with Crippen molar-refractivity contribution in [2.75, 3.05) is 30.3 Å². The van der Waals surface area contributed by atoms with E-state index in [4.69, 9.17) is 9.47 Å². The monoisotopic (exact) mass is 482 g/mol. The third-order valence-corrected chi connectivity index (χ3v) is 6.14. The van der Waals surface area contributed by atoms with Crippen molar-refractivity contribution in [3.05, 3.63) is 90.5 Å². The molecule has 0 saturated heterocycles. The Labute approximate surface area is 201 Å². The molecule has 0 aromatic heterocycles. The molecule has 3 aromatic carbocycles. The van der Waals surface area contributed by atoms with E-state index in [1.807, 2.05) is 60.7 Å². The number of para-hydroxylation sites is 1. The average Bonchev–Trinajstić information content (AvgIpc) is 2.83. The molecule has 3 aromatic rings. The molecule has 0 aliphatic carbocycles. The van der Waals surface area contributed by atoms with Crippen molar-refractivity contribution in [2.45, 2.75) is 19.4 Å². The van der Waals surface area contributed by atoms with Crippen LogP contribution in [-0.2, 0) is 26.2 Å². The van der Waals surface area contributed by atoms with E-state index in [2.05, 4.69) is 5.32 Å². The van der Waals surface area contributed by atoms with Crippen LogP contribution in [0.2, 0.25) is 0 Å². The number of nitrogens with one attached hydrogen (secondary N) is 1. The Balaban J connectivity index is 1.42. The summed E-state index contributed by atoms with van der Waals surface area (Å²) in [5, 5.41) is 2.80. The van der Waals surface area contributed by atoms with Gasteiger partial charge in [0.1, 0.15) is 11.5 Å². The summed E-state index contributed by atoms with van der Waals surface area (Å²) in [5.74, 6) is 1.17. The molecule has 0 fully saturated rings. The molecule has 7 nitrogen and oxygen atoms in total. The highest BCUT2D eigenvalue weighted by atomic mass is 32.2. The van der Waals surface area contributed by atoms with Crippen LogP contribution in [0, 0.1) is 0 Å². The van der Waals surface area contributed by atoms with Crippen molar-refractivity contribution in [2.24, 2.45) is 0 Å². The van der Waals surface area contributed by atoms with Gasteiger partial charge in [-0.05, 0) is 48.4 Å². The van der Waals surface area contributed by atoms with Crippen LogP contribution >= 0.6 is 0 Å². The predicted octanol–water partition coefficient (Wildman–Crippen LogP) is 4.36. The number of ether oxygens (including phenoxy) is 2. The standard InChI is InChI=1S/C26H30N2O5S/c1-34(30,31)28(23-14-16-25(17-15-23)33-24-11-6-3-7-12-24)19-8-13-26(29)27-18-20-32-21-22-9-4-2-5-10-22/h2-7,9-12,14-17H,8,13,18-21H2,1H3,(H,27,29). The number of rotatable bonds is 13. The lowest BCUT2D eigenvalue weighted by Crippen LogP contribution is -2.32. The molecule has 0 aliphatic rings. The minimum absolute atomic E-state index is 0.136. The normalized spacial score (nSPS) is 11.1. The van der Waals surface area contributed by atoms with Crippen LogP contribution in [-0.4, -0.2) is 40.3 Å². The number of amides is 1. The minimum Gasteiger partial charge on any atom is -0.457 e. The molecule has 3 rings (SSSR count). The second-order valence-corrected chi connectivity index (χ2v) is 9.64. The molecule has 0 bridgehead atoms. The van der Waals surface area contributed by atoms with E-state index in [0.717, 1.165) is 11.8 Å². The number of hydrogen-bond acceptors (Lipinski definition) is 5. The van der Waals surface area contributed by atoms with Gasteiger partial charge in [-0.25, -0.2) is 8.42 Å². The highest BCUT2D eigenvalue weighted by Gasteiger charge is 2.17. The average molecular weight is 483 g/mol. The summed E-state index contributed by atoms with van der Waals surface area (Å²) in [6.45, 7) is 1.52. The van der Waals surface area contributed by atoms with Gasteiger partial charge in [-0.2, -0.15) is 0 Å². The molecule has 0 unspecified atom stereocenters. The first-order valence-electron chi connectivity index (χ1n) is 11.1. The zero-order valence-corrected chi connectivity index (χ0v) is 20.0. The molecule has 0 spiro atoms. The van der Waals surface area contributed by atoms with E-state index in [0.29, 0.717) is 43.4 Å². The van der Waals surface area contributed by atoms with Crippen LogP contribution in [0.1, 0.15) is 18.4 Å². The smallest absolute Gasteiger partial charge is 0.232 e. The molecule has 0 saturated carbocycles. The van der Waals surface area contributed by atoms with E-state index < -0.39 is 10.0 Å². The summed E-state index contributed by atoms with van der Waals surface area (Å²) >= 11 is 0. The molecule has 0 heterocycles. The zero-order chi connectivity index (χ0) is 24.2. The van der Waals surface area contributed by atoms with Gasteiger partial charge >= 0.3 is 0 Å². The first kappa shape index (κ1) is 25.3. The Kier molecular flexibility index (Phi) is 9.49. The number of sulfonamides is 1. The molecule has 8 heteroatoms. The van der Waals surface area contributed by atoms with Crippen molar-refractivity contribution >= 4 is 21.6 Å². The van der Waals surface area contributed by atoms with Crippen LogP contribution in [0.4, 0.5) is 5.69 Å². The zero-order valence-electron chi connectivity index (χ0n) is 19.2. The number of carbonyl (C=O) groups is 1. The SMILES string of the molecule is CS(=O)(=O)N(CCCC(=O)NCCOCc1ccccc1)c1ccc(Oc2ccccc2)cc1. The molecule has 1 N–H and O–H groups in total. The van der Waals surface area contributed by atoms with Gasteiger partial charge in [0.15, 0.2) is 0 Å². The van der Waals surface area contributed by atoms with Gasteiger partial charge in [-0.3, -0.25) is 9.10 Å². The minimum atomic E-state index is -3.50. The van der Waals surface area contributed by atoms with Crippen LogP contribution in [0.5, 0.6) is 11.5 Å².